The molecule has 1 aliphatic carbocycles. The first-order chi connectivity index (χ1) is 9.92. The molecule has 0 aliphatic heterocycles. The van der Waals surface area contributed by atoms with Crippen LogP contribution in [0.1, 0.15) is 32.6 Å². The van der Waals surface area contributed by atoms with Crippen molar-refractivity contribution in [3.05, 3.63) is 28.3 Å². The van der Waals surface area contributed by atoms with Gasteiger partial charge in [0.05, 0.1) is 23.7 Å². The molecule has 0 unspecified atom stereocenters. The average Bonchev–Trinajstić information content (AvgIpc) is 2.48. The Labute approximate surface area is 124 Å². The van der Waals surface area contributed by atoms with Gasteiger partial charge in [-0.15, -0.1) is 0 Å². The van der Waals surface area contributed by atoms with Crippen LogP contribution in [0.15, 0.2) is 18.2 Å². The molecule has 0 spiro atoms. The van der Waals surface area contributed by atoms with Crippen LogP contribution in [-0.4, -0.2) is 29.3 Å². The Kier molecular flexibility index (Phi) is 4.67. The molecule has 116 valence electrons. The quantitative estimate of drug-likeness (QED) is 0.644. The summed E-state index contributed by atoms with van der Waals surface area (Å²) in [5, 5.41) is 24.5. The van der Waals surface area contributed by atoms with Gasteiger partial charge in [-0.2, -0.15) is 0 Å². The number of ether oxygens (including phenoxy) is 1. The summed E-state index contributed by atoms with van der Waals surface area (Å²) in [6, 6.07) is 4.53. The fourth-order valence-corrected chi connectivity index (χ4v) is 2.65. The van der Waals surface area contributed by atoms with Crippen LogP contribution in [0.2, 0.25) is 0 Å². The number of benzene rings is 1. The number of rotatable bonds is 5. The van der Waals surface area contributed by atoms with E-state index in [-0.39, 0.29) is 5.69 Å². The Balaban J connectivity index is 2.05. The van der Waals surface area contributed by atoms with Gasteiger partial charge >= 0.3 is 0 Å². The van der Waals surface area contributed by atoms with E-state index in [9.17, 15) is 15.2 Å². The zero-order valence-electron chi connectivity index (χ0n) is 12.5. The Morgan fingerprint density at radius 3 is 2.67 bits per heavy atom. The molecule has 21 heavy (non-hydrogen) atoms. The molecule has 0 amide bonds. The Morgan fingerprint density at radius 2 is 2.10 bits per heavy atom. The van der Waals surface area contributed by atoms with Crippen molar-refractivity contribution in [3.8, 4) is 5.75 Å². The number of non-ortho nitro benzene ring substituents is 1. The van der Waals surface area contributed by atoms with Crippen LogP contribution in [0.4, 0.5) is 11.4 Å². The third-order valence-corrected chi connectivity index (χ3v) is 4.16. The number of aliphatic hydroxyl groups is 1. The molecule has 1 fully saturated rings. The van der Waals surface area contributed by atoms with Gasteiger partial charge in [-0.3, -0.25) is 10.1 Å². The van der Waals surface area contributed by atoms with Gasteiger partial charge in [-0.1, -0.05) is 6.92 Å². The second kappa shape index (κ2) is 6.30. The maximum atomic E-state index is 10.9. The standard InChI is InChI=1S/C15H22N2O4/c1-11-3-5-15(18,6-4-11)10-16-12-7-13(17(19)20)9-14(8-12)21-2/h7-9,11,16,18H,3-6,10H2,1-2H3. The molecule has 1 aliphatic rings. The summed E-state index contributed by atoms with van der Waals surface area (Å²) in [6.45, 7) is 2.59. The van der Waals surface area contributed by atoms with Crippen molar-refractivity contribution in [1.29, 1.82) is 0 Å². The molecule has 6 heteroatoms. The fourth-order valence-electron chi connectivity index (χ4n) is 2.65. The van der Waals surface area contributed by atoms with Gasteiger partial charge in [0.2, 0.25) is 0 Å². The third-order valence-electron chi connectivity index (χ3n) is 4.16. The van der Waals surface area contributed by atoms with E-state index >= 15 is 0 Å². The molecule has 1 aromatic rings. The molecule has 2 rings (SSSR count). The second-order valence-corrected chi connectivity index (χ2v) is 5.94. The molecule has 1 aromatic carbocycles. The minimum atomic E-state index is -0.732. The highest BCUT2D eigenvalue weighted by Crippen LogP contribution is 2.33. The molecule has 0 saturated heterocycles. The van der Waals surface area contributed by atoms with Crippen molar-refractivity contribution in [1.82, 2.24) is 0 Å². The lowest BCUT2D eigenvalue weighted by atomic mass is 9.79. The first-order valence-electron chi connectivity index (χ1n) is 7.21. The molecule has 6 nitrogen and oxygen atoms in total. The Morgan fingerprint density at radius 1 is 1.43 bits per heavy atom. The number of methoxy groups -OCH3 is 1. The van der Waals surface area contributed by atoms with Crippen LogP contribution in [0.3, 0.4) is 0 Å². The summed E-state index contributed by atoms with van der Waals surface area (Å²) in [5.74, 6) is 1.08. The molecule has 2 N–H and O–H groups in total. The first-order valence-corrected chi connectivity index (χ1v) is 7.21. The van der Waals surface area contributed by atoms with Crippen LogP contribution in [0.5, 0.6) is 5.75 Å². The molecular formula is C15H22N2O4. The highest BCUT2D eigenvalue weighted by molar-refractivity contribution is 5.56. The summed E-state index contributed by atoms with van der Waals surface area (Å²) in [4.78, 5) is 10.4. The minimum Gasteiger partial charge on any atom is -0.496 e. The SMILES string of the molecule is COc1cc(NCC2(O)CCC(C)CC2)cc([N+](=O)[O-])c1. The predicted octanol–water partition coefficient (Wildman–Crippen LogP) is 2.96. The van der Waals surface area contributed by atoms with Crippen LogP contribution < -0.4 is 10.1 Å². The number of hydrogen-bond donors (Lipinski definition) is 2. The highest BCUT2D eigenvalue weighted by Gasteiger charge is 2.31. The molecule has 0 heterocycles. The van der Waals surface area contributed by atoms with Crippen LogP contribution in [0, 0.1) is 16.0 Å². The van der Waals surface area contributed by atoms with Gasteiger partial charge < -0.3 is 15.2 Å². The molecule has 0 radical (unpaired) electrons. The number of nitrogens with zero attached hydrogens (tertiary/aromatic N) is 1. The Bertz CT molecular complexity index is 510. The van der Waals surface area contributed by atoms with E-state index in [4.69, 9.17) is 4.74 Å². The molecule has 0 bridgehead atoms. The van der Waals surface area contributed by atoms with Gasteiger partial charge in [0.25, 0.3) is 5.69 Å². The van der Waals surface area contributed by atoms with Crippen molar-refractivity contribution in [2.75, 3.05) is 19.0 Å². The summed E-state index contributed by atoms with van der Waals surface area (Å²) in [5.41, 5.74) is -0.168. The third kappa shape index (κ3) is 4.07. The van der Waals surface area contributed by atoms with E-state index in [2.05, 4.69) is 12.2 Å². The lowest BCUT2D eigenvalue weighted by Crippen LogP contribution is -2.40. The van der Waals surface area contributed by atoms with Gasteiger partial charge in [0.15, 0.2) is 0 Å². The number of nitrogens with one attached hydrogen (secondary N) is 1. The first kappa shape index (κ1) is 15.6. The minimum absolute atomic E-state index is 0.0268. The monoisotopic (exact) mass is 294 g/mol. The number of nitro groups is 1. The number of anilines is 1. The summed E-state index contributed by atoms with van der Waals surface area (Å²) < 4.78 is 5.07. The van der Waals surface area contributed by atoms with Crippen molar-refractivity contribution in [2.45, 2.75) is 38.2 Å². The molecular weight excluding hydrogens is 272 g/mol. The summed E-state index contributed by atoms with van der Waals surface area (Å²) in [7, 11) is 1.47. The second-order valence-electron chi connectivity index (χ2n) is 5.94. The number of hydrogen-bond acceptors (Lipinski definition) is 5. The average molecular weight is 294 g/mol. The van der Waals surface area contributed by atoms with Crippen LogP contribution in [0.25, 0.3) is 0 Å². The maximum Gasteiger partial charge on any atom is 0.275 e. The van der Waals surface area contributed by atoms with Crippen molar-refractivity contribution in [2.24, 2.45) is 5.92 Å². The van der Waals surface area contributed by atoms with Gasteiger partial charge in [0, 0.05) is 24.4 Å². The van der Waals surface area contributed by atoms with Crippen molar-refractivity contribution < 1.29 is 14.8 Å². The van der Waals surface area contributed by atoms with Crippen LogP contribution >= 0.6 is 0 Å². The highest BCUT2D eigenvalue weighted by atomic mass is 16.6. The Hall–Kier alpha value is -1.82. The normalized spacial score (nSPS) is 25.4. The smallest absolute Gasteiger partial charge is 0.275 e. The van der Waals surface area contributed by atoms with E-state index < -0.39 is 10.5 Å². The van der Waals surface area contributed by atoms with E-state index in [0.29, 0.717) is 23.9 Å². The van der Waals surface area contributed by atoms with Crippen molar-refractivity contribution in [3.63, 3.8) is 0 Å². The van der Waals surface area contributed by atoms with E-state index in [1.807, 2.05) is 0 Å². The van der Waals surface area contributed by atoms with E-state index in [1.54, 1.807) is 6.07 Å². The van der Waals surface area contributed by atoms with Gasteiger partial charge in [-0.05, 0) is 31.6 Å². The van der Waals surface area contributed by atoms with E-state index in [0.717, 1.165) is 25.7 Å². The zero-order valence-corrected chi connectivity index (χ0v) is 12.5. The van der Waals surface area contributed by atoms with Gasteiger partial charge in [-0.25, -0.2) is 0 Å². The summed E-state index contributed by atoms with van der Waals surface area (Å²) >= 11 is 0. The lowest BCUT2D eigenvalue weighted by Gasteiger charge is -2.35. The molecule has 0 aromatic heterocycles. The van der Waals surface area contributed by atoms with Gasteiger partial charge in [0.1, 0.15) is 5.75 Å². The maximum absolute atomic E-state index is 10.9. The zero-order chi connectivity index (χ0) is 15.5. The van der Waals surface area contributed by atoms with E-state index in [1.165, 1.54) is 19.2 Å². The lowest BCUT2D eigenvalue weighted by molar-refractivity contribution is -0.384. The predicted molar refractivity (Wildman–Crippen MR) is 80.7 cm³/mol. The summed E-state index contributed by atoms with van der Waals surface area (Å²) in [6.07, 6.45) is 3.54. The largest absolute Gasteiger partial charge is 0.496 e. The van der Waals surface area contributed by atoms with Crippen molar-refractivity contribution >= 4 is 11.4 Å². The number of nitro benzene ring substituents is 1. The molecule has 1 saturated carbocycles. The fraction of sp³-hybridized carbons (Fsp3) is 0.600. The molecule has 0 atom stereocenters. The van der Waals surface area contributed by atoms with Crippen LogP contribution in [-0.2, 0) is 0 Å². The topological polar surface area (TPSA) is 84.6 Å².